The van der Waals surface area contributed by atoms with Crippen molar-refractivity contribution in [3.05, 3.63) is 0 Å². The monoisotopic (exact) mass is 164 g/mol. The van der Waals surface area contributed by atoms with Crippen LogP contribution in [0.4, 0.5) is 0 Å². The molecule has 0 aromatic heterocycles. The van der Waals surface area contributed by atoms with Crippen molar-refractivity contribution in [1.29, 1.82) is 0 Å². The van der Waals surface area contributed by atoms with Crippen LogP contribution in [0.25, 0.3) is 0 Å². The molecule has 0 heterocycles. The zero-order valence-electron chi connectivity index (χ0n) is 6.67. The zero-order valence-corrected chi connectivity index (χ0v) is 6.67. The minimum Gasteiger partial charge on any atom is -0.393 e. The molecule has 0 unspecified atom stereocenters. The van der Waals surface area contributed by atoms with Gasteiger partial charge in [0.2, 0.25) is 0 Å². The van der Waals surface area contributed by atoms with Gasteiger partial charge >= 0.3 is 0 Å². The van der Waals surface area contributed by atoms with Crippen LogP contribution in [0.3, 0.4) is 0 Å². The van der Waals surface area contributed by atoms with E-state index in [1.54, 1.807) is 0 Å². The molecule has 0 aliphatic heterocycles. The Morgan fingerprint density at radius 2 is 0.667 bits per heavy atom. The third-order valence-corrected chi connectivity index (χ3v) is 6.02. The van der Waals surface area contributed by atoms with E-state index in [0.717, 1.165) is 23.7 Å². The smallest absolute Gasteiger partial charge is 0.0608 e. The summed E-state index contributed by atoms with van der Waals surface area (Å²) < 4.78 is 0. The Bertz CT molecular complexity index is 268. The second-order valence-corrected chi connectivity index (χ2v) is 5.60. The molecule has 0 aromatic rings. The van der Waals surface area contributed by atoms with Crippen molar-refractivity contribution in [2.24, 2.45) is 47.3 Å². The van der Waals surface area contributed by atoms with Crippen LogP contribution in [0, 0.1) is 47.3 Å². The van der Waals surface area contributed by atoms with Gasteiger partial charge in [0.1, 0.15) is 0 Å². The number of aliphatic hydroxyl groups excluding tert-OH is 2. The first kappa shape index (κ1) is 5.61. The second kappa shape index (κ2) is 1.20. The van der Waals surface area contributed by atoms with Crippen LogP contribution in [0.2, 0.25) is 0 Å². The third kappa shape index (κ3) is 0.252. The summed E-state index contributed by atoms with van der Waals surface area (Å²) in [6.07, 6.45) is -0.0400. The summed E-state index contributed by atoms with van der Waals surface area (Å²) in [5, 5.41) is 19.9. The highest BCUT2D eigenvalue weighted by molar-refractivity contribution is 5.36. The Morgan fingerprint density at radius 1 is 0.417 bits per heavy atom. The number of hydrogen-bond acceptors (Lipinski definition) is 2. The van der Waals surface area contributed by atoms with E-state index < -0.39 is 0 Å². The Kier molecular flexibility index (Phi) is 0.561. The molecule has 10 atom stereocenters. The molecule has 0 amide bonds. The maximum Gasteiger partial charge on any atom is 0.0608 e. The first-order valence-electron chi connectivity index (χ1n) is 5.18. The van der Waals surface area contributed by atoms with Crippen LogP contribution < -0.4 is 0 Å². The van der Waals surface area contributed by atoms with E-state index in [0.29, 0.717) is 23.7 Å². The maximum absolute atomic E-state index is 9.93. The Hall–Kier alpha value is -0.0800. The lowest BCUT2D eigenvalue weighted by molar-refractivity contribution is -0.176. The van der Waals surface area contributed by atoms with Gasteiger partial charge in [-0.15, -0.1) is 0 Å². The van der Waals surface area contributed by atoms with Gasteiger partial charge in [-0.05, 0) is 47.3 Å². The molecule has 6 rings (SSSR count). The zero-order chi connectivity index (χ0) is 7.77. The summed E-state index contributed by atoms with van der Waals surface area (Å²) in [6.45, 7) is 0. The topological polar surface area (TPSA) is 40.5 Å². The predicted molar refractivity (Wildman–Crippen MR) is 39.9 cm³/mol. The van der Waals surface area contributed by atoms with Gasteiger partial charge in [0, 0.05) is 0 Å². The minimum atomic E-state index is -0.0200. The van der Waals surface area contributed by atoms with Crippen LogP contribution in [-0.2, 0) is 0 Å². The second-order valence-electron chi connectivity index (χ2n) is 5.60. The van der Waals surface area contributed by atoms with Gasteiger partial charge in [-0.2, -0.15) is 0 Å². The van der Waals surface area contributed by atoms with Gasteiger partial charge < -0.3 is 10.2 Å². The summed E-state index contributed by atoms with van der Waals surface area (Å²) in [6, 6.07) is 0. The van der Waals surface area contributed by atoms with Crippen molar-refractivity contribution in [2.75, 3.05) is 0 Å². The highest BCUT2D eigenvalue weighted by Gasteiger charge is 2.89. The molecule has 0 spiro atoms. The Labute approximate surface area is 70.6 Å². The number of rotatable bonds is 0. The standard InChI is InChI=1S/C10H12O2/c11-9-5-1-2-4(5)8-7(9)3(1)6(2)10(8)12/h1-12H/t1-,2+,3-,4+,5-,6-,7+,8-,9+,10+/m1/s1. The average Bonchev–Trinajstić information content (AvgIpc) is 2.45. The average molecular weight is 164 g/mol. The molecule has 6 fully saturated rings. The lowest BCUT2D eigenvalue weighted by Gasteiger charge is -2.63. The Morgan fingerprint density at radius 3 is 1.00 bits per heavy atom. The lowest BCUT2D eigenvalue weighted by Crippen LogP contribution is -2.61. The van der Waals surface area contributed by atoms with Crippen molar-refractivity contribution >= 4 is 0 Å². The molecule has 0 saturated heterocycles. The summed E-state index contributed by atoms with van der Waals surface area (Å²) in [4.78, 5) is 0. The normalized spacial score (nSPS) is 90.5. The molecule has 0 radical (unpaired) electrons. The number of hydrogen-bond donors (Lipinski definition) is 2. The lowest BCUT2D eigenvalue weighted by atomic mass is 9.41. The fourth-order valence-electron chi connectivity index (χ4n) is 6.15. The van der Waals surface area contributed by atoms with Crippen molar-refractivity contribution in [1.82, 2.24) is 0 Å². The fraction of sp³-hybridized carbons (Fsp3) is 1.00. The summed E-state index contributed by atoms with van der Waals surface area (Å²) in [5.74, 6) is 5.51. The van der Waals surface area contributed by atoms with E-state index >= 15 is 0 Å². The van der Waals surface area contributed by atoms with E-state index in [4.69, 9.17) is 0 Å². The molecular formula is C10H12O2. The van der Waals surface area contributed by atoms with E-state index in [9.17, 15) is 10.2 Å². The minimum absolute atomic E-state index is 0.0200. The quantitative estimate of drug-likeness (QED) is 0.516. The van der Waals surface area contributed by atoms with Crippen LogP contribution in [0.1, 0.15) is 0 Å². The molecule has 6 aliphatic carbocycles. The molecule has 2 N–H and O–H groups in total. The third-order valence-electron chi connectivity index (χ3n) is 6.02. The molecule has 2 heteroatoms. The van der Waals surface area contributed by atoms with Gasteiger partial charge in [-0.25, -0.2) is 0 Å². The highest BCUT2D eigenvalue weighted by Crippen LogP contribution is 2.88. The molecule has 2 nitrogen and oxygen atoms in total. The van der Waals surface area contributed by atoms with Gasteiger partial charge in [0.05, 0.1) is 12.2 Å². The molecule has 4 bridgehead atoms. The van der Waals surface area contributed by atoms with Crippen molar-refractivity contribution < 1.29 is 10.2 Å². The first-order chi connectivity index (χ1) is 5.82. The fourth-order valence-corrected chi connectivity index (χ4v) is 6.15. The van der Waals surface area contributed by atoms with E-state index in [2.05, 4.69) is 0 Å². The van der Waals surface area contributed by atoms with Crippen LogP contribution >= 0.6 is 0 Å². The largest absolute Gasteiger partial charge is 0.393 e. The van der Waals surface area contributed by atoms with Crippen molar-refractivity contribution in [2.45, 2.75) is 12.2 Å². The molecule has 64 valence electrons. The van der Waals surface area contributed by atoms with Crippen LogP contribution in [0.15, 0.2) is 0 Å². The summed E-state index contributed by atoms with van der Waals surface area (Å²) in [7, 11) is 0. The molecular weight excluding hydrogens is 152 g/mol. The number of aliphatic hydroxyl groups is 2. The summed E-state index contributed by atoms with van der Waals surface area (Å²) in [5.41, 5.74) is 0. The van der Waals surface area contributed by atoms with E-state index in [-0.39, 0.29) is 12.2 Å². The molecule has 12 heavy (non-hydrogen) atoms. The van der Waals surface area contributed by atoms with Gasteiger partial charge in [-0.3, -0.25) is 0 Å². The molecule has 6 saturated carbocycles. The Balaban J connectivity index is 1.83. The van der Waals surface area contributed by atoms with Gasteiger partial charge in [0.25, 0.3) is 0 Å². The molecule has 0 aromatic carbocycles. The first-order valence-corrected chi connectivity index (χ1v) is 5.18. The van der Waals surface area contributed by atoms with Crippen molar-refractivity contribution in [3.63, 3.8) is 0 Å². The molecule has 6 aliphatic rings. The summed E-state index contributed by atoms with van der Waals surface area (Å²) >= 11 is 0. The van der Waals surface area contributed by atoms with Gasteiger partial charge in [-0.1, -0.05) is 0 Å². The van der Waals surface area contributed by atoms with Crippen LogP contribution in [0.5, 0.6) is 0 Å². The van der Waals surface area contributed by atoms with Gasteiger partial charge in [0.15, 0.2) is 0 Å². The van der Waals surface area contributed by atoms with E-state index in [1.165, 1.54) is 0 Å². The SMILES string of the molecule is O[C@@H]1[C@H]2[C@H]3[C@@H](O)[C@H]4[C@@H]2[C@H]2[C@@H]1[C@H]3[C@H]42. The van der Waals surface area contributed by atoms with E-state index in [1.807, 2.05) is 0 Å². The van der Waals surface area contributed by atoms with Crippen molar-refractivity contribution in [3.8, 4) is 0 Å². The predicted octanol–water partition coefficient (Wildman–Crippen LogP) is -0.294. The van der Waals surface area contributed by atoms with Crippen LogP contribution in [-0.4, -0.2) is 22.4 Å². The maximum atomic E-state index is 9.93. The highest BCUT2D eigenvalue weighted by atomic mass is 16.3.